The standard InChI is InChI=1S/C21H21ClN2O3S/c1-26-19-10-9-14(12-17(19)22)24-20(25)16-7-2-3-8-18(16)23-21(24)28-13-15-6-4-5-11-27-15/h2-3,7-10,12,15H,4-6,11,13H2,1H3. The van der Waals surface area contributed by atoms with Crippen molar-refractivity contribution in [2.45, 2.75) is 30.5 Å². The van der Waals surface area contributed by atoms with E-state index in [1.807, 2.05) is 24.3 Å². The summed E-state index contributed by atoms with van der Waals surface area (Å²) in [5.74, 6) is 1.33. The normalized spacial score (nSPS) is 17.0. The number of rotatable bonds is 5. The first kappa shape index (κ1) is 19.3. The van der Waals surface area contributed by atoms with E-state index >= 15 is 0 Å². The van der Waals surface area contributed by atoms with Crippen LogP contribution in [0, 0.1) is 0 Å². The Morgan fingerprint density at radius 1 is 1.29 bits per heavy atom. The van der Waals surface area contributed by atoms with Gasteiger partial charge in [-0.15, -0.1) is 0 Å². The highest BCUT2D eigenvalue weighted by Crippen LogP contribution is 2.29. The molecule has 1 atom stereocenters. The van der Waals surface area contributed by atoms with E-state index in [1.165, 1.54) is 6.42 Å². The van der Waals surface area contributed by atoms with Crippen LogP contribution < -0.4 is 10.3 Å². The molecular formula is C21H21ClN2O3S. The Labute approximate surface area is 172 Å². The van der Waals surface area contributed by atoms with Gasteiger partial charge >= 0.3 is 0 Å². The Hall–Kier alpha value is -2.02. The van der Waals surface area contributed by atoms with Crippen LogP contribution in [0.4, 0.5) is 0 Å². The molecule has 2 heterocycles. The van der Waals surface area contributed by atoms with Crippen LogP contribution in [-0.2, 0) is 4.74 Å². The Morgan fingerprint density at radius 2 is 2.14 bits per heavy atom. The first-order valence-electron chi connectivity index (χ1n) is 9.27. The van der Waals surface area contributed by atoms with Crippen LogP contribution in [0.5, 0.6) is 5.75 Å². The zero-order valence-electron chi connectivity index (χ0n) is 15.6. The molecule has 28 heavy (non-hydrogen) atoms. The van der Waals surface area contributed by atoms with Crippen molar-refractivity contribution in [3.63, 3.8) is 0 Å². The molecule has 146 valence electrons. The smallest absolute Gasteiger partial charge is 0.266 e. The summed E-state index contributed by atoms with van der Waals surface area (Å²) in [6, 6.07) is 12.7. The van der Waals surface area contributed by atoms with Gasteiger partial charge in [-0.2, -0.15) is 0 Å². The van der Waals surface area contributed by atoms with Crippen molar-refractivity contribution in [3.8, 4) is 11.4 Å². The number of benzene rings is 2. The molecular weight excluding hydrogens is 396 g/mol. The molecule has 0 bridgehead atoms. The first-order valence-corrected chi connectivity index (χ1v) is 10.6. The van der Waals surface area contributed by atoms with E-state index in [0.717, 1.165) is 25.2 Å². The molecule has 0 N–H and O–H groups in total. The summed E-state index contributed by atoms with van der Waals surface area (Å²) in [6.07, 6.45) is 3.52. The SMILES string of the molecule is COc1ccc(-n2c(SCC3CCCCO3)nc3ccccc3c2=O)cc1Cl. The number of fused-ring (bicyclic) bond motifs is 1. The van der Waals surface area contributed by atoms with Gasteiger partial charge in [0, 0.05) is 12.4 Å². The fraction of sp³-hybridized carbons (Fsp3) is 0.333. The predicted molar refractivity (Wildman–Crippen MR) is 113 cm³/mol. The second-order valence-electron chi connectivity index (χ2n) is 6.67. The van der Waals surface area contributed by atoms with Crippen LogP contribution in [0.3, 0.4) is 0 Å². The maximum atomic E-state index is 13.3. The largest absolute Gasteiger partial charge is 0.495 e. The molecule has 1 unspecified atom stereocenters. The van der Waals surface area contributed by atoms with Crippen molar-refractivity contribution in [1.29, 1.82) is 0 Å². The molecule has 1 saturated heterocycles. The molecule has 7 heteroatoms. The summed E-state index contributed by atoms with van der Waals surface area (Å²) >= 11 is 7.86. The maximum absolute atomic E-state index is 13.3. The van der Waals surface area contributed by atoms with Crippen LogP contribution in [0.1, 0.15) is 19.3 Å². The number of ether oxygens (including phenoxy) is 2. The van der Waals surface area contributed by atoms with E-state index in [4.69, 9.17) is 26.1 Å². The van der Waals surface area contributed by atoms with Gasteiger partial charge in [0.15, 0.2) is 5.16 Å². The van der Waals surface area contributed by atoms with Crippen LogP contribution in [0.25, 0.3) is 16.6 Å². The molecule has 2 aromatic carbocycles. The van der Waals surface area contributed by atoms with Crippen molar-refractivity contribution in [1.82, 2.24) is 9.55 Å². The van der Waals surface area contributed by atoms with Gasteiger partial charge in [-0.3, -0.25) is 9.36 Å². The molecule has 3 aromatic rings. The molecule has 0 saturated carbocycles. The number of nitrogens with zero attached hydrogens (tertiary/aromatic N) is 2. The molecule has 1 aromatic heterocycles. The molecule has 0 amide bonds. The highest BCUT2D eigenvalue weighted by Gasteiger charge is 2.18. The number of aromatic nitrogens is 2. The molecule has 0 aliphatic carbocycles. The van der Waals surface area contributed by atoms with Crippen molar-refractivity contribution in [2.75, 3.05) is 19.5 Å². The van der Waals surface area contributed by atoms with Crippen LogP contribution in [0.2, 0.25) is 5.02 Å². The van der Waals surface area contributed by atoms with Crippen LogP contribution in [-0.4, -0.2) is 35.1 Å². The minimum Gasteiger partial charge on any atom is -0.495 e. The average molecular weight is 417 g/mol. The highest BCUT2D eigenvalue weighted by molar-refractivity contribution is 7.99. The van der Waals surface area contributed by atoms with E-state index in [0.29, 0.717) is 32.5 Å². The maximum Gasteiger partial charge on any atom is 0.266 e. The number of thioether (sulfide) groups is 1. The average Bonchev–Trinajstić information content (AvgIpc) is 2.73. The van der Waals surface area contributed by atoms with Crippen molar-refractivity contribution in [3.05, 3.63) is 57.8 Å². The molecule has 0 spiro atoms. The lowest BCUT2D eigenvalue weighted by Crippen LogP contribution is -2.24. The first-order chi connectivity index (χ1) is 13.7. The van der Waals surface area contributed by atoms with Crippen molar-refractivity contribution >= 4 is 34.3 Å². The summed E-state index contributed by atoms with van der Waals surface area (Å²) in [7, 11) is 1.57. The van der Waals surface area contributed by atoms with Gasteiger partial charge in [0.05, 0.1) is 34.8 Å². The number of methoxy groups -OCH3 is 1. The van der Waals surface area contributed by atoms with Crippen molar-refractivity contribution in [2.24, 2.45) is 0 Å². The van der Waals surface area contributed by atoms with Crippen LogP contribution in [0.15, 0.2) is 52.4 Å². The van der Waals surface area contributed by atoms with E-state index in [9.17, 15) is 4.79 Å². The van der Waals surface area contributed by atoms with Gasteiger partial charge in [0.2, 0.25) is 0 Å². The Balaban J connectivity index is 1.79. The van der Waals surface area contributed by atoms with Gasteiger partial charge in [0.25, 0.3) is 5.56 Å². The summed E-state index contributed by atoms with van der Waals surface area (Å²) in [6.45, 7) is 0.803. The third-order valence-electron chi connectivity index (χ3n) is 4.81. The van der Waals surface area contributed by atoms with Gasteiger partial charge < -0.3 is 9.47 Å². The molecule has 0 radical (unpaired) electrons. The van der Waals surface area contributed by atoms with E-state index < -0.39 is 0 Å². The van der Waals surface area contributed by atoms with Crippen LogP contribution >= 0.6 is 23.4 Å². The Morgan fingerprint density at radius 3 is 2.89 bits per heavy atom. The topological polar surface area (TPSA) is 53.4 Å². The lowest BCUT2D eigenvalue weighted by molar-refractivity contribution is 0.0315. The molecule has 1 aliphatic heterocycles. The van der Waals surface area contributed by atoms with E-state index in [2.05, 4.69) is 0 Å². The fourth-order valence-electron chi connectivity index (χ4n) is 3.34. The van der Waals surface area contributed by atoms with Gasteiger partial charge in [0.1, 0.15) is 5.75 Å². The second-order valence-corrected chi connectivity index (χ2v) is 8.06. The number of para-hydroxylation sites is 1. The lowest BCUT2D eigenvalue weighted by Gasteiger charge is -2.22. The predicted octanol–water partition coefficient (Wildman–Crippen LogP) is 4.71. The molecule has 4 rings (SSSR count). The van der Waals surface area contributed by atoms with E-state index in [-0.39, 0.29) is 11.7 Å². The molecule has 1 fully saturated rings. The second kappa shape index (κ2) is 8.55. The summed E-state index contributed by atoms with van der Waals surface area (Å²) in [5.41, 5.74) is 1.25. The number of hydrogen-bond donors (Lipinski definition) is 0. The van der Waals surface area contributed by atoms with E-state index in [1.54, 1.807) is 41.6 Å². The summed E-state index contributed by atoms with van der Waals surface area (Å²) in [4.78, 5) is 18.0. The zero-order chi connectivity index (χ0) is 19.5. The zero-order valence-corrected chi connectivity index (χ0v) is 17.1. The van der Waals surface area contributed by atoms with Crippen molar-refractivity contribution < 1.29 is 9.47 Å². The van der Waals surface area contributed by atoms with Gasteiger partial charge in [-0.25, -0.2) is 4.98 Å². The Kier molecular flexibility index (Phi) is 5.90. The minimum absolute atomic E-state index is 0.112. The quantitative estimate of drug-likeness (QED) is 0.445. The summed E-state index contributed by atoms with van der Waals surface area (Å²) in [5, 5.41) is 1.67. The fourth-order valence-corrected chi connectivity index (χ4v) is 4.67. The number of hydrogen-bond acceptors (Lipinski definition) is 5. The summed E-state index contributed by atoms with van der Waals surface area (Å²) < 4.78 is 12.7. The minimum atomic E-state index is -0.112. The third-order valence-corrected chi connectivity index (χ3v) is 6.18. The molecule has 5 nitrogen and oxygen atoms in total. The Bertz CT molecular complexity index is 1050. The number of halogens is 1. The monoisotopic (exact) mass is 416 g/mol. The molecule has 1 aliphatic rings. The highest BCUT2D eigenvalue weighted by atomic mass is 35.5. The lowest BCUT2D eigenvalue weighted by atomic mass is 10.1. The third kappa shape index (κ3) is 3.90. The van der Waals surface area contributed by atoms with Gasteiger partial charge in [-0.1, -0.05) is 35.5 Å². The van der Waals surface area contributed by atoms with Gasteiger partial charge in [-0.05, 0) is 49.6 Å².